The summed E-state index contributed by atoms with van der Waals surface area (Å²) in [7, 11) is 0. The van der Waals surface area contributed by atoms with Gasteiger partial charge in [-0.25, -0.2) is 0 Å². The van der Waals surface area contributed by atoms with Gasteiger partial charge in [0.15, 0.2) is 0 Å². The Balaban J connectivity index is 1.39. The van der Waals surface area contributed by atoms with Gasteiger partial charge in [0.1, 0.15) is 16.7 Å². The topological polar surface area (TPSA) is 26.3 Å². The summed E-state index contributed by atoms with van der Waals surface area (Å²) < 4.78 is 83.0. The van der Waals surface area contributed by atoms with Crippen LogP contribution in [0.5, 0.6) is 0 Å². The molecule has 9 aromatic rings. The van der Waals surface area contributed by atoms with Crippen molar-refractivity contribution in [2.24, 2.45) is 0 Å². The van der Waals surface area contributed by atoms with Crippen LogP contribution in [-0.2, 0) is 0 Å². The molecule has 0 aliphatic heterocycles. The third-order valence-corrected chi connectivity index (χ3v) is 8.00. The van der Waals surface area contributed by atoms with Crippen LogP contribution < -0.4 is 0 Å². The van der Waals surface area contributed by atoms with Gasteiger partial charge in [0.05, 0.1) is 22.6 Å². The lowest BCUT2D eigenvalue weighted by atomic mass is 9.85. The van der Waals surface area contributed by atoms with Gasteiger partial charge in [0.2, 0.25) is 0 Å². The molecule has 2 heterocycles. The normalized spacial score (nSPS) is 14.5. The first-order valence-corrected chi connectivity index (χ1v) is 13.6. The minimum Gasteiger partial charge on any atom is -0.464 e. The molecule has 0 saturated heterocycles. The summed E-state index contributed by atoms with van der Waals surface area (Å²) in [6.45, 7) is 0. The highest BCUT2D eigenvalue weighted by atomic mass is 16.3. The Morgan fingerprint density at radius 2 is 1.07 bits per heavy atom. The Kier molecular flexibility index (Phi) is 3.54. The van der Waals surface area contributed by atoms with Gasteiger partial charge in [-0.05, 0) is 79.2 Å². The molecule has 0 bridgehead atoms. The SMILES string of the molecule is [2H]c1c([2H])c([2H])c2c(-c3ccc(-c4cccc5oc6ccc7ccoc7c6c45)cc3)c3c([2H])c([2H])c([2H])c([2H])c3c(-c3ccccc3)c2c1[2H]. The van der Waals surface area contributed by atoms with Crippen LogP contribution in [0, 0.1) is 0 Å². The molecule has 42 heavy (non-hydrogen) atoms. The Morgan fingerprint density at radius 1 is 0.476 bits per heavy atom. The van der Waals surface area contributed by atoms with E-state index in [2.05, 4.69) is 0 Å². The van der Waals surface area contributed by atoms with Crippen molar-refractivity contribution in [1.82, 2.24) is 0 Å². The van der Waals surface area contributed by atoms with Gasteiger partial charge in [-0.2, -0.15) is 0 Å². The van der Waals surface area contributed by atoms with E-state index in [4.69, 9.17) is 19.8 Å². The average Bonchev–Trinajstić information content (AvgIpc) is 3.78. The lowest BCUT2D eigenvalue weighted by Gasteiger charge is -2.18. The predicted octanol–water partition coefficient (Wildman–Crippen LogP) is 11.6. The first-order chi connectivity index (χ1) is 24.2. The van der Waals surface area contributed by atoms with E-state index in [0.29, 0.717) is 33.4 Å². The average molecular weight is 545 g/mol. The molecule has 0 fully saturated rings. The molecular weight excluding hydrogens is 512 g/mol. The third kappa shape index (κ3) is 3.33. The van der Waals surface area contributed by atoms with Crippen LogP contribution in [0.25, 0.3) is 87.8 Å². The maximum absolute atomic E-state index is 9.15. The lowest BCUT2D eigenvalue weighted by Crippen LogP contribution is -1.90. The van der Waals surface area contributed by atoms with E-state index in [-0.39, 0.29) is 45.7 Å². The number of fused-ring (bicyclic) bond motifs is 7. The number of rotatable bonds is 3. The standard InChI is InChI=1S/C40H24O2/c1-2-9-26(10-3-1)36-30-11-4-6-13-32(30)37(33-14-7-5-12-31(33)36)27-19-17-25(18-20-27)29-15-8-16-34-38(29)39-35(42-34)22-21-28-23-24-41-40(28)39/h1-24H/i4D,5D,6D,7D,11D,12D,13D,14D. The van der Waals surface area contributed by atoms with Crippen molar-refractivity contribution in [3.63, 3.8) is 0 Å². The lowest BCUT2D eigenvalue weighted by molar-refractivity contribution is 0.618. The van der Waals surface area contributed by atoms with E-state index in [1.807, 2.05) is 66.7 Å². The van der Waals surface area contributed by atoms with E-state index in [1.165, 1.54) is 0 Å². The molecule has 0 radical (unpaired) electrons. The molecule has 0 aliphatic rings. The Hall–Kier alpha value is -5.60. The molecule has 0 amide bonds. The van der Waals surface area contributed by atoms with Gasteiger partial charge in [-0.3, -0.25) is 0 Å². The van der Waals surface area contributed by atoms with E-state index in [9.17, 15) is 0 Å². The Bertz CT molecular complexity index is 2810. The summed E-state index contributed by atoms with van der Waals surface area (Å²) in [5.41, 5.74) is 5.63. The highest BCUT2D eigenvalue weighted by Gasteiger charge is 2.18. The summed E-state index contributed by atoms with van der Waals surface area (Å²) in [5.74, 6) is 0. The van der Waals surface area contributed by atoms with Gasteiger partial charge in [0, 0.05) is 10.8 Å². The monoisotopic (exact) mass is 544 g/mol. The zero-order valence-corrected chi connectivity index (χ0v) is 22.1. The minimum atomic E-state index is -0.428. The minimum absolute atomic E-state index is 0.184. The fourth-order valence-electron chi connectivity index (χ4n) is 6.19. The van der Waals surface area contributed by atoms with Crippen LogP contribution in [0.1, 0.15) is 11.0 Å². The maximum atomic E-state index is 9.15. The van der Waals surface area contributed by atoms with Crippen molar-refractivity contribution in [3.05, 3.63) is 146 Å². The fraction of sp³-hybridized carbons (Fsp3) is 0. The molecule has 0 saturated carbocycles. The van der Waals surface area contributed by atoms with E-state index < -0.39 is 24.2 Å². The molecule has 7 aromatic carbocycles. The molecule has 2 heteroatoms. The van der Waals surface area contributed by atoms with Crippen molar-refractivity contribution >= 4 is 54.5 Å². The van der Waals surface area contributed by atoms with E-state index in [0.717, 1.165) is 32.9 Å². The molecule has 2 nitrogen and oxygen atoms in total. The van der Waals surface area contributed by atoms with E-state index in [1.54, 1.807) is 30.5 Å². The quantitative estimate of drug-likeness (QED) is 0.207. The number of benzene rings is 7. The van der Waals surface area contributed by atoms with Crippen molar-refractivity contribution in [2.75, 3.05) is 0 Å². The Labute approximate surface area is 253 Å². The zero-order valence-electron chi connectivity index (χ0n) is 30.1. The second kappa shape index (κ2) is 8.95. The summed E-state index contributed by atoms with van der Waals surface area (Å²) in [5, 5.41) is 3.46. The summed E-state index contributed by atoms with van der Waals surface area (Å²) in [6.07, 6.45) is 1.65. The first kappa shape index (κ1) is 16.6. The molecule has 9 rings (SSSR count). The molecule has 0 aliphatic carbocycles. The van der Waals surface area contributed by atoms with Crippen molar-refractivity contribution in [3.8, 4) is 33.4 Å². The third-order valence-electron chi connectivity index (χ3n) is 8.00. The number of hydrogen-bond donors (Lipinski definition) is 0. The van der Waals surface area contributed by atoms with Crippen molar-refractivity contribution in [2.45, 2.75) is 0 Å². The number of furan rings is 2. The highest BCUT2D eigenvalue weighted by Crippen LogP contribution is 2.45. The van der Waals surface area contributed by atoms with Gasteiger partial charge >= 0.3 is 0 Å². The maximum Gasteiger partial charge on any atom is 0.145 e. The number of hydrogen-bond acceptors (Lipinski definition) is 2. The molecule has 0 atom stereocenters. The summed E-state index contributed by atoms with van der Waals surface area (Å²) in [6, 6.07) is 25.2. The van der Waals surface area contributed by atoms with Crippen LogP contribution in [0.15, 0.2) is 154 Å². The van der Waals surface area contributed by atoms with Crippen molar-refractivity contribution < 1.29 is 19.8 Å². The fourth-order valence-corrected chi connectivity index (χ4v) is 6.19. The second-order valence-electron chi connectivity index (χ2n) is 10.3. The van der Waals surface area contributed by atoms with Gasteiger partial charge in [0.25, 0.3) is 0 Å². The summed E-state index contributed by atoms with van der Waals surface area (Å²) in [4.78, 5) is 0. The van der Waals surface area contributed by atoms with Gasteiger partial charge < -0.3 is 8.83 Å². The molecule has 0 spiro atoms. The molecule has 0 unspecified atom stereocenters. The molecule has 2 aromatic heterocycles. The summed E-state index contributed by atoms with van der Waals surface area (Å²) >= 11 is 0. The van der Waals surface area contributed by atoms with Crippen LogP contribution in [0.2, 0.25) is 0 Å². The smallest absolute Gasteiger partial charge is 0.145 e. The van der Waals surface area contributed by atoms with E-state index >= 15 is 0 Å². The first-order valence-electron chi connectivity index (χ1n) is 17.6. The molecule has 196 valence electrons. The van der Waals surface area contributed by atoms with Crippen LogP contribution in [-0.4, -0.2) is 0 Å². The Morgan fingerprint density at radius 3 is 1.74 bits per heavy atom. The zero-order chi connectivity index (χ0) is 34.6. The largest absolute Gasteiger partial charge is 0.464 e. The molecular formula is C40H24O2. The van der Waals surface area contributed by atoms with Gasteiger partial charge in [-0.15, -0.1) is 0 Å². The molecule has 0 N–H and O–H groups in total. The van der Waals surface area contributed by atoms with Crippen LogP contribution >= 0.6 is 0 Å². The van der Waals surface area contributed by atoms with Crippen LogP contribution in [0.4, 0.5) is 0 Å². The van der Waals surface area contributed by atoms with Crippen LogP contribution in [0.3, 0.4) is 0 Å². The van der Waals surface area contributed by atoms with Crippen molar-refractivity contribution in [1.29, 1.82) is 0 Å². The second-order valence-corrected chi connectivity index (χ2v) is 10.3. The highest BCUT2D eigenvalue weighted by molar-refractivity contribution is 6.22. The predicted molar refractivity (Wildman–Crippen MR) is 175 cm³/mol. The van der Waals surface area contributed by atoms with Gasteiger partial charge in [-0.1, -0.05) is 115 Å².